The Morgan fingerprint density at radius 1 is 0.634 bits per heavy atom. The van der Waals surface area contributed by atoms with Crippen LogP contribution in [0.4, 0.5) is 0 Å². The first-order valence-corrected chi connectivity index (χ1v) is 14.3. The van der Waals surface area contributed by atoms with Crippen molar-refractivity contribution in [1.82, 2.24) is 0 Å². The largest absolute Gasteiger partial charge is 0.391 e. The fourth-order valence-corrected chi connectivity index (χ4v) is 4.72. The summed E-state index contributed by atoms with van der Waals surface area (Å²) in [6.45, 7) is 8.87. The van der Waals surface area contributed by atoms with Crippen molar-refractivity contribution in [3.8, 4) is 0 Å². The van der Waals surface area contributed by atoms with Crippen LogP contribution in [0.5, 0.6) is 0 Å². The van der Waals surface area contributed by atoms with Gasteiger partial charge in [-0.2, -0.15) is 0 Å². The highest BCUT2D eigenvalue weighted by Crippen LogP contribution is 2.40. The molecule has 4 aromatic rings. The van der Waals surface area contributed by atoms with E-state index in [2.05, 4.69) is 41.6 Å². The Balaban J connectivity index is 1.75. The Bertz CT molecular complexity index is 1210. The summed E-state index contributed by atoms with van der Waals surface area (Å²) in [6.07, 6.45) is -0.455. The van der Waals surface area contributed by atoms with Gasteiger partial charge in [0.05, 0.1) is 25.4 Å². The lowest BCUT2D eigenvalue weighted by molar-refractivity contribution is -0.0367. The van der Waals surface area contributed by atoms with Crippen molar-refractivity contribution in [2.75, 3.05) is 13.2 Å². The van der Waals surface area contributed by atoms with Gasteiger partial charge in [0.25, 0.3) is 0 Å². The van der Waals surface area contributed by atoms with Gasteiger partial charge in [0, 0.05) is 0 Å². The predicted molar refractivity (Wildman–Crippen MR) is 165 cm³/mol. The number of ether oxygens (including phenoxy) is 3. The highest BCUT2D eigenvalue weighted by atomic mass is 16.6. The van der Waals surface area contributed by atoms with Gasteiger partial charge in [-0.05, 0) is 49.9 Å². The van der Waals surface area contributed by atoms with Crippen LogP contribution in [0.2, 0.25) is 0 Å². The second kappa shape index (κ2) is 15.3. The maximum absolute atomic E-state index is 7.08. The molecule has 5 heteroatoms. The smallest absolute Gasteiger partial charge is 0.144 e. The van der Waals surface area contributed by atoms with Crippen LogP contribution in [-0.2, 0) is 31.3 Å². The van der Waals surface area contributed by atoms with E-state index in [0.29, 0.717) is 18.9 Å². The first kappa shape index (κ1) is 30.2. The van der Waals surface area contributed by atoms with Crippen molar-refractivity contribution in [1.29, 1.82) is 0 Å². The third-order valence-electron chi connectivity index (χ3n) is 6.62. The van der Waals surface area contributed by atoms with E-state index >= 15 is 0 Å². The molecule has 1 atom stereocenters. The average Bonchev–Trinajstić information content (AvgIpc) is 3.00. The summed E-state index contributed by atoms with van der Waals surface area (Å²) < 4.78 is 19.4. The van der Waals surface area contributed by atoms with Gasteiger partial charge in [-0.15, -0.1) is 0 Å². The predicted octanol–water partition coefficient (Wildman–Crippen LogP) is 7.79. The lowest BCUT2D eigenvalue weighted by Crippen LogP contribution is -2.40. The highest BCUT2D eigenvalue weighted by molar-refractivity contribution is 5.89. The lowest BCUT2D eigenvalue weighted by atomic mass is 9.80. The molecule has 214 valence electrons. The standard InChI is InChI=1S/C36H41NO4/c1-28(2)38-27-35(41-29(3)4)34(37-40-25-30-17-9-5-10-18-30)26-39-36(31-19-11-6-12-20-31,32-21-13-7-14-22-32)33-23-15-8-16-24-33/h5-24,28-29,35H,25-27H2,1-4H3/b37-34-/t35-/m0/s1. The van der Waals surface area contributed by atoms with Crippen LogP contribution in [0.1, 0.15) is 49.9 Å². The van der Waals surface area contributed by atoms with Gasteiger partial charge in [0.2, 0.25) is 0 Å². The molecule has 0 aliphatic carbocycles. The highest BCUT2D eigenvalue weighted by Gasteiger charge is 2.38. The SMILES string of the molecule is CC(C)OC[C@H](OC(C)C)/C(COC(c1ccccc1)(c1ccccc1)c1ccccc1)=N\OCc1ccccc1. The molecular formula is C36H41NO4. The minimum absolute atomic E-state index is 0.0396. The lowest BCUT2D eigenvalue weighted by Gasteiger charge is -2.36. The molecule has 0 aliphatic rings. The van der Waals surface area contributed by atoms with E-state index in [1.54, 1.807) is 0 Å². The van der Waals surface area contributed by atoms with Gasteiger partial charge in [-0.1, -0.05) is 126 Å². The molecule has 0 fully saturated rings. The molecule has 41 heavy (non-hydrogen) atoms. The first-order valence-electron chi connectivity index (χ1n) is 14.3. The number of nitrogens with zero attached hydrogens (tertiary/aromatic N) is 1. The molecule has 0 saturated carbocycles. The van der Waals surface area contributed by atoms with Crippen LogP contribution >= 0.6 is 0 Å². The summed E-state index contributed by atoms with van der Waals surface area (Å²) in [6, 6.07) is 40.9. The Hall–Kier alpha value is -3.77. The quantitative estimate of drug-likeness (QED) is 0.0860. The van der Waals surface area contributed by atoms with Gasteiger partial charge in [0.1, 0.15) is 24.0 Å². The first-order chi connectivity index (χ1) is 20.0. The minimum atomic E-state index is -0.898. The van der Waals surface area contributed by atoms with Crippen LogP contribution in [0.3, 0.4) is 0 Å². The fourth-order valence-electron chi connectivity index (χ4n) is 4.72. The number of benzene rings is 4. The Labute approximate surface area is 244 Å². The topological polar surface area (TPSA) is 49.3 Å². The van der Waals surface area contributed by atoms with Crippen LogP contribution in [0.15, 0.2) is 126 Å². The molecule has 0 heterocycles. The third-order valence-corrected chi connectivity index (χ3v) is 6.62. The van der Waals surface area contributed by atoms with Gasteiger partial charge in [-0.25, -0.2) is 0 Å². The summed E-state index contributed by atoms with van der Waals surface area (Å²) in [5.74, 6) is 0. The second-order valence-electron chi connectivity index (χ2n) is 10.5. The molecule has 4 aromatic carbocycles. The molecule has 0 aromatic heterocycles. The van der Waals surface area contributed by atoms with E-state index in [4.69, 9.17) is 19.0 Å². The van der Waals surface area contributed by atoms with Gasteiger partial charge in [0.15, 0.2) is 0 Å². The summed E-state index contributed by atoms with van der Waals surface area (Å²) in [5.41, 5.74) is 3.81. The van der Waals surface area contributed by atoms with Crippen molar-refractivity contribution in [2.45, 2.75) is 58.2 Å². The molecule has 0 spiro atoms. The van der Waals surface area contributed by atoms with Crippen molar-refractivity contribution in [3.05, 3.63) is 144 Å². The van der Waals surface area contributed by atoms with Crippen LogP contribution in [0, 0.1) is 0 Å². The van der Waals surface area contributed by atoms with Gasteiger partial charge < -0.3 is 19.0 Å². The van der Waals surface area contributed by atoms with Crippen molar-refractivity contribution in [3.63, 3.8) is 0 Å². The van der Waals surface area contributed by atoms with E-state index in [9.17, 15) is 0 Å². The average molecular weight is 552 g/mol. The summed E-state index contributed by atoms with van der Waals surface area (Å²) >= 11 is 0. The van der Waals surface area contributed by atoms with E-state index in [1.807, 2.05) is 113 Å². The number of hydrogen-bond donors (Lipinski definition) is 0. The number of rotatable bonds is 15. The van der Waals surface area contributed by atoms with Crippen molar-refractivity contribution in [2.24, 2.45) is 5.16 Å². The molecule has 4 rings (SSSR count). The van der Waals surface area contributed by atoms with Crippen LogP contribution < -0.4 is 0 Å². The normalized spacial score (nSPS) is 13.0. The molecule has 0 amide bonds. The zero-order valence-corrected chi connectivity index (χ0v) is 24.5. The van der Waals surface area contributed by atoms with Crippen LogP contribution in [-0.4, -0.2) is 37.2 Å². The fraction of sp³-hybridized carbons (Fsp3) is 0.306. The molecule has 0 saturated heterocycles. The van der Waals surface area contributed by atoms with Gasteiger partial charge in [-0.3, -0.25) is 0 Å². The molecular weight excluding hydrogens is 510 g/mol. The molecule has 0 aliphatic heterocycles. The monoisotopic (exact) mass is 551 g/mol. The van der Waals surface area contributed by atoms with E-state index < -0.39 is 11.7 Å². The molecule has 0 bridgehead atoms. The third kappa shape index (κ3) is 8.37. The van der Waals surface area contributed by atoms with Crippen molar-refractivity contribution >= 4 is 5.71 Å². The molecule has 0 radical (unpaired) electrons. The summed E-state index contributed by atoms with van der Waals surface area (Å²) in [5, 5.41) is 4.62. The Morgan fingerprint density at radius 3 is 1.54 bits per heavy atom. The maximum atomic E-state index is 7.08. The Morgan fingerprint density at radius 2 is 1.10 bits per heavy atom. The molecule has 0 N–H and O–H groups in total. The number of oxime groups is 1. The van der Waals surface area contributed by atoms with Crippen molar-refractivity contribution < 1.29 is 19.0 Å². The molecule has 5 nitrogen and oxygen atoms in total. The minimum Gasteiger partial charge on any atom is -0.391 e. The zero-order chi connectivity index (χ0) is 28.9. The van der Waals surface area contributed by atoms with E-state index in [1.165, 1.54) is 0 Å². The number of hydrogen-bond acceptors (Lipinski definition) is 5. The van der Waals surface area contributed by atoms with Crippen LogP contribution in [0.25, 0.3) is 0 Å². The van der Waals surface area contributed by atoms with Gasteiger partial charge >= 0.3 is 0 Å². The van der Waals surface area contributed by atoms with E-state index in [-0.39, 0.29) is 18.8 Å². The molecule has 0 unspecified atom stereocenters. The Kier molecular flexibility index (Phi) is 11.3. The summed E-state index contributed by atoms with van der Waals surface area (Å²) in [7, 11) is 0. The second-order valence-corrected chi connectivity index (χ2v) is 10.5. The summed E-state index contributed by atoms with van der Waals surface area (Å²) in [4.78, 5) is 5.91. The maximum Gasteiger partial charge on any atom is 0.144 e. The zero-order valence-electron chi connectivity index (χ0n) is 24.5. The van der Waals surface area contributed by atoms with E-state index in [0.717, 1.165) is 22.3 Å².